The van der Waals surface area contributed by atoms with E-state index in [1.807, 2.05) is 19.1 Å². The zero-order valence-corrected chi connectivity index (χ0v) is 14.0. The van der Waals surface area contributed by atoms with Gasteiger partial charge in [-0.05, 0) is 18.1 Å². The molecule has 3 rings (SSSR count). The van der Waals surface area contributed by atoms with E-state index in [0.29, 0.717) is 5.56 Å². The summed E-state index contributed by atoms with van der Waals surface area (Å²) in [5.41, 5.74) is 1.96. The highest BCUT2D eigenvalue weighted by Gasteiger charge is 2.44. The van der Waals surface area contributed by atoms with Crippen LogP contribution in [0.3, 0.4) is 0 Å². The van der Waals surface area contributed by atoms with Crippen molar-refractivity contribution < 1.29 is 19.2 Å². The molecule has 1 amide bonds. The number of hydrogen-bond acceptors (Lipinski definition) is 4. The van der Waals surface area contributed by atoms with Crippen LogP contribution in [-0.4, -0.2) is 23.3 Å². The number of benzene rings is 2. The van der Waals surface area contributed by atoms with Gasteiger partial charge in [-0.2, -0.15) is 0 Å². The van der Waals surface area contributed by atoms with E-state index in [0.717, 1.165) is 12.0 Å². The highest BCUT2D eigenvalue weighted by atomic mass is 16.2. The van der Waals surface area contributed by atoms with Gasteiger partial charge in [-0.1, -0.05) is 43.3 Å². The van der Waals surface area contributed by atoms with Crippen molar-refractivity contribution in [1.82, 2.24) is 0 Å². The van der Waals surface area contributed by atoms with E-state index in [-0.39, 0.29) is 22.7 Å². The second-order valence-corrected chi connectivity index (χ2v) is 5.99. The molecule has 0 saturated carbocycles. The van der Waals surface area contributed by atoms with Crippen molar-refractivity contribution in [3.63, 3.8) is 0 Å². The van der Waals surface area contributed by atoms with Gasteiger partial charge in [0.1, 0.15) is 5.92 Å². The lowest BCUT2D eigenvalue weighted by molar-refractivity contribution is -0.114. The molecule has 126 valence electrons. The number of carbonyl (C=O) groups excluding carboxylic acids is 4. The van der Waals surface area contributed by atoms with Crippen LogP contribution in [0.15, 0.2) is 42.5 Å². The van der Waals surface area contributed by atoms with E-state index >= 15 is 0 Å². The molecule has 0 bridgehead atoms. The fourth-order valence-corrected chi connectivity index (χ4v) is 3.05. The number of ketones is 3. The molecule has 1 aliphatic rings. The third-order valence-corrected chi connectivity index (χ3v) is 4.32. The lowest BCUT2D eigenvalue weighted by atomic mass is 9.92. The zero-order chi connectivity index (χ0) is 18.1. The van der Waals surface area contributed by atoms with E-state index in [2.05, 4.69) is 5.32 Å². The Bertz CT molecular complexity index is 896. The molecule has 2 aromatic carbocycles. The fraction of sp³-hybridized carbons (Fsp3) is 0.200. The molecule has 0 saturated heterocycles. The smallest absolute Gasteiger partial charge is 0.221 e. The SMILES string of the molecule is CCc1ccc(C(=O)C2C(=O)c3cccc(NC(C)=O)c3C2=O)cc1. The van der Waals surface area contributed by atoms with E-state index in [9.17, 15) is 19.2 Å². The standard InChI is InChI=1S/C20H17NO4/c1-3-12-7-9-13(10-8-12)18(23)17-19(24)14-5-4-6-15(21-11(2)22)16(14)20(17)25/h4-10,17H,3H2,1-2H3,(H,21,22). The van der Waals surface area contributed by atoms with E-state index in [1.54, 1.807) is 24.3 Å². The molecule has 25 heavy (non-hydrogen) atoms. The summed E-state index contributed by atoms with van der Waals surface area (Å²) in [6, 6.07) is 11.5. The monoisotopic (exact) mass is 335 g/mol. The van der Waals surface area contributed by atoms with E-state index in [1.165, 1.54) is 13.0 Å². The molecule has 0 spiro atoms. The van der Waals surface area contributed by atoms with Crippen LogP contribution < -0.4 is 5.32 Å². The highest BCUT2D eigenvalue weighted by Crippen LogP contribution is 2.34. The summed E-state index contributed by atoms with van der Waals surface area (Å²) in [6.45, 7) is 3.32. The molecule has 5 nitrogen and oxygen atoms in total. The number of aryl methyl sites for hydroxylation is 1. The number of fused-ring (bicyclic) bond motifs is 1. The molecule has 0 heterocycles. The quantitative estimate of drug-likeness (QED) is 0.688. The Balaban J connectivity index is 1.99. The summed E-state index contributed by atoms with van der Waals surface area (Å²) in [4.78, 5) is 49.4. The van der Waals surface area contributed by atoms with Gasteiger partial charge in [0.05, 0.1) is 11.3 Å². The minimum absolute atomic E-state index is 0.117. The summed E-state index contributed by atoms with van der Waals surface area (Å²) in [5, 5.41) is 2.55. The van der Waals surface area contributed by atoms with Gasteiger partial charge in [-0.3, -0.25) is 19.2 Å². The third-order valence-electron chi connectivity index (χ3n) is 4.32. The fourth-order valence-electron chi connectivity index (χ4n) is 3.05. The first-order valence-corrected chi connectivity index (χ1v) is 8.06. The Labute approximate surface area is 145 Å². The Morgan fingerprint density at radius 1 is 1.00 bits per heavy atom. The van der Waals surface area contributed by atoms with Gasteiger partial charge in [0.15, 0.2) is 17.3 Å². The average molecular weight is 335 g/mol. The largest absolute Gasteiger partial charge is 0.326 e. The number of Topliss-reactive ketones (excluding diaryl/α,β-unsaturated/α-hetero) is 3. The molecule has 0 fully saturated rings. The Hall–Kier alpha value is -3.08. The van der Waals surface area contributed by atoms with Gasteiger partial charge >= 0.3 is 0 Å². The minimum Gasteiger partial charge on any atom is -0.326 e. The number of anilines is 1. The molecular formula is C20H17NO4. The molecule has 0 aliphatic heterocycles. The molecule has 0 radical (unpaired) electrons. The third kappa shape index (κ3) is 2.89. The van der Waals surface area contributed by atoms with Gasteiger partial charge in [0, 0.05) is 18.1 Å². The second kappa shape index (κ2) is 6.43. The molecule has 1 aliphatic carbocycles. The topological polar surface area (TPSA) is 80.3 Å². The summed E-state index contributed by atoms with van der Waals surface area (Å²) >= 11 is 0. The Morgan fingerprint density at radius 2 is 1.68 bits per heavy atom. The minimum atomic E-state index is -1.38. The number of rotatable bonds is 4. The lowest BCUT2D eigenvalue weighted by Crippen LogP contribution is -2.26. The van der Waals surface area contributed by atoms with Crippen LogP contribution in [0.5, 0.6) is 0 Å². The van der Waals surface area contributed by atoms with Crippen LogP contribution in [-0.2, 0) is 11.2 Å². The second-order valence-electron chi connectivity index (χ2n) is 5.99. The van der Waals surface area contributed by atoms with E-state index in [4.69, 9.17) is 0 Å². The van der Waals surface area contributed by atoms with Crippen LogP contribution in [0.2, 0.25) is 0 Å². The van der Waals surface area contributed by atoms with Crippen molar-refractivity contribution in [3.05, 3.63) is 64.7 Å². The van der Waals surface area contributed by atoms with Crippen molar-refractivity contribution in [2.75, 3.05) is 5.32 Å². The number of hydrogen-bond donors (Lipinski definition) is 1. The van der Waals surface area contributed by atoms with Crippen molar-refractivity contribution >= 4 is 28.9 Å². The Kier molecular flexibility index (Phi) is 4.31. The maximum Gasteiger partial charge on any atom is 0.221 e. The van der Waals surface area contributed by atoms with Crippen LogP contribution in [0.4, 0.5) is 5.69 Å². The van der Waals surface area contributed by atoms with Crippen molar-refractivity contribution in [1.29, 1.82) is 0 Å². The van der Waals surface area contributed by atoms with Gasteiger partial charge in [0.25, 0.3) is 0 Å². The van der Waals surface area contributed by atoms with Crippen molar-refractivity contribution in [2.45, 2.75) is 20.3 Å². The van der Waals surface area contributed by atoms with Crippen LogP contribution >= 0.6 is 0 Å². The summed E-state index contributed by atoms with van der Waals surface area (Å²) in [6.07, 6.45) is 0.835. The predicted molar refractivity (Wildman–Crippen MR) is 93.0 cm³/mol. The zero-order valence-electron chi connectivity index (χ0n) is 14.0. The predicted octanol–water partition coefficient (Wildman–Crippen LogP) is 3.09. The Morgan fingerprint density at radius 3 is 2.28 bits per heavy atom. The molecule has 0 aromatic heterocycles. The number of carbonyl (C=O) groups is 4. The first-order valence-electron chi connectivity index (χ1n) is 8.06. The molecular weight excluding hydrogens is 318 g/mol. The molecule has 1 atom stereocenters. The average Bonchev–Trinajstić information content (AvgIpc) is 2.86. The molecule has 5 heteroatoms. The maximum absolute atomic E-state index is 12.8. The molecule has 2 aromatic rings. The van der Waals surface area contributed by atoms with Crippen LogP contribution in [0.25, 0.3) is 0 Å². The van der Waals surface area contributed by atoms with E-state index < -0.39 is 23.3 Å². The normalized spacial score (nSPS) is 15.8. The lowest BCUT2D eigenvalue weighted by Gasteiger charge is -2.08. The first-order chi connectivity index (χ1) is 11.9. The van der Waals surface area contributed by atoms with Crippen LogP contribution in [0.1, 0.15) is 50.5 Å². The summed E-state index contributed by atoms with van der Waals surface area (Å²) < 4.78 is 0. The van der Waals surface area contributed by atoms with Crippen molar-refractivity contribution in [2.24, 2.45) is 5.92 Å². The summed E-state index contributed by atoms with van der Waals surface area (Å²) in [7, 11) is 0. The van der Waals surface area contributed by atoms with Gasteiger partial charge < -0.3 is 5.32 Å². The first kappa shape index (κ1) is 16.8. The molecule has 1 N–H and O–H groups in total. The van der Waals surface area contributed by atoms with Crippen LogP contribution in [0, 0.1) is 5.92 Å². The van der Waals surface area contributed by atoms with Crippen molar-refractivity contribution in [3.8, 4) is 0 Å². The number of nitrogens with one attached hydrogen (secondary N) is 1. The number of amides is 1. The molecule has 1 unspecified atom stereocenters. The highest BCUT2D eigenvalue weighted by molar-refractivity contribution is 6.39. The maximum atomic E-state index is 12.8. The van der Waals surface area contributed by atoms with Gasteiger partial charge in [0.2, 0.25) is 5.91 Å². The van der Waals surface area contributed by atoms with Gasteiger partial charge in [-0.15, -0.1) is 0 Å². The summed E-state index contributed by atoms with van der Waals surface area (Å²) in [5.74, 6) is -3.32. The van der Waals surface area contributed by atoms with Gasteiger partial charge in [-0.25, -0.2) is 0 Å².